The van der Waals surface area contributed by atoms with E-state index in [0.717, 1.165) is 0 Å². The first-order chi connectivity index (χ1) is 8.40. The molecule has 1 rings (SSSR count). The topological polar surface area (TPSA) is 120 Å². The van der Waals surface area contributed by atoms with Crippen LogP contribution in [0.3, 0.4) is 0 Å². The first kappa shape index (κ1) is 13.6. The van der Waals surface area contributed by atoms with E-state index in [-0.39, 0.29) is 30.0 Å². The fourth-order valence-corrected chi connectivity index (χ4v) is 1.09. The van der Waals surface area contributed by atoms with Crippen LogP contribution in [0.1, 0.15) is 5.56 Å². The van der Waals surface area contributed by atoms with Crippen molar-refractivity contribution in [3.63, 3.8) is 0 Å². The van der Waals surface area contributed by atoms with Crippen LogP contribution in [0, 0.1) is 0 Å². The molecule has 0 bridgehead atoms. The van der Waals surface area contributed by atoms with Crippen molar-refractivity contribution in [1.29, 1.82) is 0 Å². The molecule has 7 heteroatoms. The Morgan fingerprint density at radius 3 is 2.44 bits per heavy atom. The van der Waals surface area contributed by atoms with Crippen molar-refractivity contribution in [2.75, 3.05) is 14.1 Å². The van der Waals surface area contributed by atoms with E-state index in [4.69, 9.17) is 16.6 Å². The monoisotopic (exact) mass is 251 g/mol. The summed E-state index contributed by atoms with van der Waals surface area (Å²) in [4.78, 5) is 9.47. The van der Waals surface area contributed by atoms with E-state index in [1.54, 1.807) is 25.1 Å². The van der Waals surface area contributed by atoms with Crippen molar-refractivity contribution < 1.29 is 10.2 Å². The lowest BCUT2D eigenvalue weighted by Crippen LogP contribution is -2.32. The molecule has 0 aliphatic heterocycles. The zero-order valence-electron chi connectivity index (χ0n) is 10.3. The molecule has 0 radical (unpaired) electrons. The molecular weight excluding hydrogens is 234 g/mol. The maximum Gasteiger partial charge on any atom is 0.218 e. The average molecular weight is 251 g/mol. The van der Waals surface area contributed by atoms with Crippen molar-refractivity contribution in [2.45, 2.75) is 6.54 Å². The van der Waals surface area contributed by atoms with Crippen molar-refractivity contribution in [1.82, 2.24) is 4.90 Å². The van der Waals surface area contributed by atoms with Gasteiger partial charge in [-0.05, 0) is 17.7 Å². The molecule has 0 atom stereocenters. The first-order valence-electron chi connectivity index (χ1n) is 5.22. The van der Waals surface area contributed by atoms with Crippen LogP contribution >= 0.6 is 0 Å². The largest absolute Gasteiger partial charge is 0.504 e. The number of benzene rings is 1. The number of phenols is 2. The average Bonchev–Trinajstić information content (AvgIpc) is 2.30. The maximum atomic E-state index is 9.30. The zero-order chi connectivity index (χ0) is 13.7. The van der Waals surface area contributed by atoms with Crippen LogP contribution in [0.2, 0.25) is 0 Å². The van der Waals surface area contributed by atoms with Gasteiger partial charge >= 0.3 is 0 Å². The molecule has 0 amide bonds. The maximum absolute atomic E-state index is 9.30. The quantitative estimate of drug-likeness (QED) is 0.329. The number of nitrogens with zero attached hydrogens (tertiary/aromatic N) is 3. The van der Waals surface area contributed by atoms with Gasteiger partial charge in [-0.25, -0.2) is 4.99 Å². The van der Waals surface area contributed by atoms with Gasteiger partial charge in [-0.15, -0.1) is 0 Å². The Labute approximate surface area is 105 Å². The lowest BCUT2D eigenvalue weighted by molar-refractivity contribution is 0.403. The standard InChI is InChI=1S/C11H17N5O2/c1-16(2)11(13)15-10(12)14-6-7-3-4-8(17)9(18)5-7/h3-5,17-18H,6H2,1-2H3,(H4,12,13,14,15). The summed E-state index contributed by atoms with van der Waals surface area (Å²) in [6.07, 6.45) is 0. The number of hydrogen-bond donors (Lipinski definition) is 4. The lowest BCUT2D eigenvalue weighted by atomic mass is 10.2. The summed E-state index contributed by atoms with van der Waals surface area (Å²) in [5.74, 6) is -0.0679. The molecule has 0 spiro atoms. The van der Waals surface area contributed by atoms with E-state index in [2.05, 4.69) is 9.98 Å². The van der Waals surface area contributed by atoms with Crippen LogP contribution in [-0.4, -0.2) is 41.1 Å². The molecule has 0 aliphatic carbocycles. The Bertz CT molecular complexity index is 482. The summed E-state index contributed by atoms with van der Waals surface area (Å²) in [6.45, 7) is 0.240. The van der Waals surface area contributed by atoms with Crippen LogP contribution in [-0.2, 0) is 6.54 Å². The molecule has 1 aromatic carbocycles. The van der Waals surface area contributed by atoms with Crippen LogP contribution in [0.25, 0.3) is 0 Å². The van der Waals surface area contributed by atoms with Gasteiger partial charge in [0.25, 0.3) is 0 Å². The van der Waals surface area contributed by atoms with Crippen molar-refractivity contribution in [3.05, 3.63) is 23.8 Å². The van der Waals surface area contributed by atoms with Crippen LogP contribution in [0.15, 0.2) is 28.2 Å². The number of phenolic OH excluding ortho intramolecular Hbond substituents is 2. The smallest absolute Gasteiger partial charge is 0.218 e. The van der Waals surface area contributed by atoms with Gasteiger partial charge in [-0.3, -0.25) is 0 Å². The summed E-state index contributed by atoms with van der Waals surface area (Å²) >= 11 is 0. The molecule has 0 saturated heterocycles. The van der Waals surface area contributed by atoms with Gasteiger partial charge in [0.2, 0.25) is 5.96 Å². The molecule has 98 valence electrons. The minimum atomic E-state index is -0.197. The van der Waals surface area contributed by atoms with Crippen LogP contribution in [0.4, 0.5) is 0 Å². The predicted molar refractivity (Wildman–Crippen MR) is 70.4 cm³/mol. The van der Waals surface area contributed by atoms with Crippen molar-refractivity contribution in [2.24, 2.45) is 21.5 Å². The van der Waals surface area contributed by atoms with Gasteiger partial charge in [0.05, 0.1) is 6.54 Å². The highest BCUT2D eigenvalue weighted by Gasteiger charge is 2.00. The number of aliphatic imine (C=N–C) groups is 2. The molecule has 0 unspecified atom stereocenters. The Morgan fingerprint density at radius 2 is 1.89 bits per heavy atom. The molecular formula is C11H17N5O2. The Morgan fingerprint density at radius 1 is 1.22 bits per heavy atom. The summed E-state index contributed by atoms with van der Waals surface area (Å²) in [5.41, 5.74) is 11.8. The molecule has 7 nitrogen and oxygen atoms in total. The molecule has 1 aromatic rings. The van der Waals surface area contributed by atoms with Gasteiger partial charge < -0.3 is 26.6 Å². The van der Waals surface area contributed by atoms with Crippen LogP contribution < -0.4 is 11.5 Å². The molecule has 0 saturated carbocycles. The third-order valence-corrected chi connectivity index (χ3v) is 2.15. The second-order valence-corrected chi connectivity index (χ2v) is 3.86. The number of hydrogen-bond acceptors (Lipinski definition) is 3. The third-order valence-electron chi connectivity index (χ3n) is 2.15. The highest BCUT2D eigenvalue weighted by molar-refractivity contribution is 5.93. The molecule has 0 aromatic heterocycles. The number of rotatable bonds is 2. The Hall–Kier alpha value is -2.44. The van der Waals surface area contributed by atoms with Gasteiger partial charge in [-0.2, -0.15) is 4.99 Å². The summed E-state index contributed by atoms with van der Waals surface area (Å²) in [7, 11) is 3.48. The van der Waals surface area contributed by atoms with E-state index in [9.17, 15) is 5.11 Å². The van der Waals surface area contributed by atoms with E-state index in [1.807, 2.05) is 0 Å². The van der Waals surface area contributed by atoms with Gasteiger partial charge in [0.15, 0.2) is 17.5 Å². The summed E-state index contributed by atoms with van der Waals surface area (Å²) in [6, 6.07) is 4.42. The predicted octanol–water partition coefficient (Wildman–Crippen LogP) is -0.211. The van der Waals surface area contributed by atoms with Crippen molar-refractivity contribution >= 4 is 11.9 Å². The molecule has 6 N–H and O–H groups in total. The first-order valence-corrected chi connectivity index (χ1v) is 5.22. The minimum absolute atomic E-state index is 0.0498. The van der Waals surface area contributed by atoms with Gasteiger partial charge in [-0.1, -0.05) is 6.07 Å². The van der Waals surface area contributed by atoms with Crippen LogP contribution in [0.5, 0.6) is 11.5 Å². The van der Waals surface area contributed by atoms with E-state index < -0.39 is 0 Å². The molecule has 0 aliphatic rings. The third kappa shape index (κ3) is 3.85. The SMILES string of the molecule is CN(C)/C(N)=N/C(N)=NCc1ccc(O)c(O)c1. The van der Waals surface area contributed by atoms with Gasteiger partial charge in [0, 0.05) is 14.1 Å². The second kappa shape index (κ2) is 5.76. The van der Waals surface area contributed by atoms with E-state index >= 15 is 0 Å². The number of aromatic hydroxyl groups is 2. The van der Waals surface area contributed by atoms with E-state index in [0.29, 0.717) is 5.56 Å². The second-order valence-electron chi connectivity index (χ2n) is 3.86. The highest BCUT2D eigenvalue weighted by Crippen LogP contribution is 2.24. The number of nitrogens with two attached hydrogens (primary N) is 2. The lowest BCUT2D eigenvalue weighted by Gasteiger charge is -2.09. The fraction of sp³-hybridized carbons (Fsp3) is 0.273. The summed E-state index contributed by atoms with van der Waals surface area (Å²) < 4.78 is 0. The minimum Gasteiger partial charge on any atom is -0.504 e. The zero-order valence-corrected chi connectivity index (χ0v) is 10.3. The number of guanidine groups is 2. The molecule has 18 heavy (non-hydrogen) atoms. The highest BCUT2D eigenvalue weighted by atomic mass is 16.3. The Kier molecular flexibility index (Phi) is 4.36. The summed E-state index contributed by atoms with van der Waals surface area (Å²) in [5, 5.41) is 18.4. The molecule has 0 fully saturated rings. The van der Waals surface area contributed by atoms with Crippen molar-refractivity contribution in [3.8, 4) is 11.5 Å². The van der Waals surface area contributed by atoms with Gasteiger partial charge in [0.1, 0.15) is 0 Å². The Balaban J connectivity index is 2.74. The molecule has 0 heterocycles. The normalized spacial score (nSPS) is 12.6. The fourth-order valence-electron chi connectivity index (χ4n) is 1.09. The van der Waals surface area contributed by atoms with E-state index in [1.165, 1.54) is 12.1 Å².